The molecule has 0 spiro atoms. The van der Waals surface area contributed by atoms with Crippen LogP contribution in [0.3, 0.4) is 0 Å². The minimum absolute atomic E-state index is 0.0316. The van der Waals surface area contributed by atoms with Gasteiger partial charge in [0.05, 0.1) is 42.2 Å². The first-order chi connectivity index (χ1) is 36.1. The molecule has 1 aromatic rings. The molecule has 2 rings (SSSR count). The van der Waals surface area contributed by atoms with E-state index in [0.29, 0.717) is 24.9 Å². The van der Waals surface area contributed by atoms with E-state index in [2.05, 4.69) is 31.9 Å². The predicted octanol–water partition coefficient (Wildman–Crippen LogP) is -1.80. The lowest BCUT2D eigenvalue weighted by atomic mass is 9.89. The van der Waals surface area contributed by atoms with Crippen LogP contribution in [0.25, 0.3) is 0 Å². The Labute approximate surface area is 447 Å². The Morgan fingerprint density at radius 1 is 0.645 bits per heavy atom. The molecule has 0 radical (unpaired) electrons. The molecule has 1 aliphatic heterocycles. The molecular weight excluding hydrogens is 983 g/mol. The molecule has 18 N–H and O–H groups in total. The first-order valence-corrected chi connectivity index (χ1v) is 26.9. The number of aliphatic hydroxyl groups is 2. The van der Waals surface area contributed by atoms with Crippen LogP contribution in [-0.2, 0) is 54.4 Å². The van der Waals surface area contributed by atoms with Gasteiger partial charge in [0.15, 0.2) is 17.3 Å². The molecule has 76 heavy (non-hydrogen) atoms. The molecule has 0 aromatic heterocycles. The first-order valence-electron chi connectivity index (χ1n) is 26.9. The fraction of sp³-hybridized carbons (Fsp3) is 0.698. The van der Waals surface area contributed by atoms with Gasteiger partial charge < -0.3 is 70.8 Å². The molecule has 6 amide bonds. The van der Waals surface area contributed by atoms with E-state index < -0.39 is 138 Å². The average Bonchev–Trinajstić information content (AvgIpc) is 3.36. The largest absolute Gasteiger partial charge is 0.393 e. The van der Waals surface area contributed by atoms with Crippen molar-refractivity contribution in [3.05, 3.63) is 35.9 Å². The van der Waals surface area contributed by atoms with Crippen LogP contribution >= 0.6 is 0 Å². The van der Waals surface area contributed by atoms with E-state index in [1.54, 1.807) is 30.3 Å². The Morgan fingerprint density at radius 2 is 1.20 bits per heavy atom. The molecule has 0 bridgehead atoms. The summed E-state index contributed by atoms with van der Waals surface area (Å²) < 4.78 is 0. The second-order valence-electron chi connectivity index (χ2n) is 20.5. The summed E-state index contributed by atoms with van der Waals surface area (Å²) in [5, 5.41) is 37.4. The van der Waals surface area contributed by atoms with Crippen molar-refractivity contribution in [2.45, 2.75) is 166 Å². The minimum atomic E-state index is -1.41. The Balaban J connectivity index is 2.71. The predicted molar refractivity (Wildman–Crippen MR) is 285 cm³/mol. The van der Waals surface area contributed by atoms with E-state index in [0.717, 1.165) is 6.42 Å². The topological polar surface area (TPSA) is 413 Å². The smallest absolute Gasteiger partial charge is 0.243 e. The van der Waals surface area contributed by atoms with Crippen LogP contribution in [-0.4, -0.2) is 150 Å². The number of benzene rings is 1. The average molecular weight is 1070 g/mol. The van der Waals surface area contributed by atoms with Crippen LogP contribution in [0.15, 0.2) is 30.3 Å². The van der Waals surface area contributed by atoms with E-state index in [1.165, 1.54) is 13.8 Å². The van der Waals surface area contributed by atoms with Gasteiger partial charge in [0, 0.05) is 50.5 Å². The van der Waals surface area contributed by atoms with Gasteiger partial charge in [-0.3, -0.25) is 47.9 Å². The zero-order valence-electron chi connectivity index (χ0n) is 45.0. The molecule has 1 aliphatic rings. The fourth-order valence-corrected chi connectivity index (χ4v) is 9.05. The molecule has 2 unspecified atom stereocenters. The molecule has 1 saturated heterocycles. The quantitative estimate of drug-likeness (QED) is 0.0455. The van der Waals surface area contributed by atoms with Gasteiger partial charge in [-0.15, -0.1) is 0 Å². The molecule has 1 fully saturated rings. The lowest BCUT2D eigenvalue weighted by Crippen LogP contribution is -2.57. The number of hydrogen-bond acceptors (Lipinski definition) is 17. The maximum absolute atomic E-state index is 14.5. The van der Waals surface area contributed by atoms with Crippen LogP contribution in [0.4, 0.5) is 0 Å². The van der Waals surface area contributed by atoms with Crippen LogP contribution in [0.5, 0.6) is 0 Å². The van der Waals surface area contributed by atoms with Crippen LogP contribution in [0.2, 0.25) is 0 Å². The van der Waals surface area contributed by atoms with Crippen molar-refractivity contribution in [1.29, 1.82) is 0 Å². The number of nitrogens with two attached hydrogens (primary N) is 5. The third-order valence-corrected chi connectivity index (χ3v) is 13.5. The first kappa shape index (κ1) is 66.6. The van der Waals surface area contributed by atoms with Crippen molar-refractivity contribution < 1.29 is 58.2 Å². The summed E-state index contributed by atoms with van der Waals surface area (Å²) in [7, 11) is 0. The molecule has 0 saturated carbocycles. The number of carbonyl (C=O) groups excluding carboxylic acids is 10. The van der Waals surface area contributed by atoms with E-state index in [-0.39, 0.29) is 102 Å². The van der Waals surface area contributed by atoms with Crippen molar-refractivity contribution in [1.82, 2.24) is 31.9 Å². The van der Waals surface area contributed by atoms with E-state index >= 15 is 0 Å². The third kappa shape index (κ3) is 23.8. The van der Waals surface area contributed by atoms with Gasteiger partial charge in [-0.25, -0.2) is 0 Å². The summed E-state index contributed by atoms with van der Waals surface area (Å²) in [5.74, 6) is -12.0. The summed E-state index contributed by atoms with van der Waals surface area (Å²) in [5.41, 5.74) is 29.9. The van der Waals surface area contributed by atoms with Gasteiger partial charge in [0.2, 0.25) is 35.4 Å². The van der Waals surface area contributed by atoms with Crippen molar-refractivity contribution in [2.75, 3.05) is 39.3 Å². The summed E-state index contributed by atoms with van der Waals surface area (Å²) in [6.07, 6.45) is -2.89. The second kappa shape index (κ2) is 35.7. The number of ketones is 4. The van der Waals surface area contributed by atoms with Gasteiger partial charge in [-0.2, -0.15) is 0 Å². The Kier molecular flexibility index (Phi) is 31.3. The van der Waals surface area contributed by atoms with Crippen LogP contribution < -0.4 is 60.6 Å². The number of hydrogen-bond donors (Lipinski definition) is 13. The highest BCUT2D eigenvalue weighted by molar-refractivity contribution is 5.98. The van der Waals surface area contributed by atoms with Gasteiger partial charge in [-0.05, 0) is 116 Å². The zero-order valence-corrected chi connectivity index (χ0v) is 45.0. The summed E-state index contributed by atoms with van der Waals surface area (Å²) >= 11 is 0. The molecular formula is C53H89N11O12. The standard InChI is InChI=1S/C53H89N11O12/c1-31(2)25-44-53(76)63-43(17-23-58)52(75)62-42(16-22-57)47(70)30-39(33(4)66)50(73)59-24-18-35(27-45(68)41(15-21-56)61-51(74)38(32(3)65)29-37(67)13-9-6-10-19-54)48(71)60-40(14-20-55)46(69)28-36(49(72)64-44)26-34-11-7-5-8-12-34/h5,7-8,11-12,31-33,35-36,38-44,65-66H,6,9-10,13-30,54-58H2,1-4H3,(H,59,73)(H,60,71)(H,61,74)(H,62,75)(H,63,76)(H,64,72)/t32?,33?,35-,36+,38+,39+,40+,41+,42+,43+,44+/m1/s1. The number of carbonyl (C=O) groups is 10. The molecule has 0 aliphatic carbocycles. The molecule has 1 aromatic carbocycles. The zero-order chi connectivity index (χ0) is 56.9. The Bertz CT molecular complexity index is 2040. The normalized spacial score (nSPS) is 23.7. The van der Waals surface area contributed by atoms with Gasteiger partial charge in [-0.1, -0.05) is 50.6 Å². The van der Waals surface area contributed by atoms with E-state index in [9.17, 15) is 58.2 Å². The Morgan fingerprint density at radius 3 is 1.76 bits per heavy atom. The monoisotopic (exact) mass is 1070 g/mol. The van der Waals surface area contributed by atoms with Crippen molar-refractivity contribution in [2.24, 2.45) is 58.3 Å². The highest BCUT2D eigenvalue weighted by Crippen LogP contribution is 2.21. The SMILES string of the molecule is CC(C)C[C@@H]1NC(=O)[C@@H](Cc2ccccc2)CC(=O)[C@H](CCN)NC(=O)[C@@H](CC(=O)[C@H](CCN)NC(=O)[C@@H](CC(=O)CCCCCN)C(C)O)CCNC(=O)[C@H](C(C)O)CC(=O)[C@H](CCN)NC(=O)[C@H](CCN)NC1=O. The fourth-order valence-electron chi connectivity index (χ4n) is 9.05. The summed E-state index contributed by atoms with van der Waals surface area (Å²) in [6.45, 7) is 6.11. The lowest BCUT2D eigenvalue weighted by Gasteiger charge is -2.28. The lowest BCUT2D eigenvalue weighted by molar-refractivity contribution is -0.137. The highest BCUT2D eigenvalue weighted by atomic mass is 16.3. The highest BCUT2D eigenvalue weighted by Gasteiger charge is 2.37. The number of unbranched alkanes of at least 4 members (excludes halogenated alkanes) is 2. The molecule has 1 heterocycles. The maximum Gasteiger partial charge on any atom is 0.243 e. The summed E-state index contributed by atoms with van der Waals surface area (Å²) in [4.78, 5) is 140. The second-order valence-corrected chi connectivity index (χ2v) is 20.5. The molecule has 23 nitrogen and oxygen atoms in total. The number of rotatable bonds is 26. The van der Waals surface area contributed by atoms with Crippen molar-refractivity contribution in [3.8, 4) is 0 Å². The molecule has 428 valence electrons. The number of nitrogens with one attached hydrogen (secondary N) is 6. The van der Waals surface area contributed by atoms with E-state index in [4.69, 9.17) is 28.7 Å². The number of amides is 6. The van der Waals surface area contributed by atoms with Gasteiger partial charge in [0.1, 0.15) is 17.9 Å². The number of aliphatic hydroxyl groups excluding tert-OH is 2. The van der Waals surface area contributed by atoms with Crippen LogP contribution in [0, 0.1) is 29.6 Å². The third-order valence-electron chi connectivity index (χ3n) is 13.5. The minimum Gasteiger partial charge on any atom is -0.393 e. The van der Waals surface area contributed by atoms with Crippen molar-refractivity contribution in [3.63, 3.8) is 0 Å². The maximum atomic E-state index is 14.5. The van der Waals surface area contributed by atoms with Gasteiger partial charge in [0.25, 0.3) is 0 Å². The molecule has 11 atom stereocenters. The van der Waals surface area contributed by atoms with Crippen molar-refractivity contribution >= 4 is 58.6 Å². The van der Waals surface area contributed by atoms with Crippen LogP contribution in [0.1, 0.15) is 123 Å². The number of Topliss-reactive ketones (excluding diaryl/α,β-unsaturated/α-hetero) is 4. The molecule has 23 heteroatoms. The van der Waals surface area contributed by atoms with Gasteiger partial charge >= 0.3 is 0 Å². The Hall–Kier alpha value is -5.56. The van der Waals surface area contributed by atoms with E-state index in [1.807, 2.05) is 13.8 Å². The summed E-state index contributed by atoms with van der Waals surface area (Å²) in [6, 6.07) is 2.46.